The van der Waals surface area contributed by atoms with Gasteiger partial charge in [0, 0.05) is 19.6 Å². The molecule has 0 atom stereocenters. The van der Waals surface area contributed by atoms with Crippen LogP contribution in [0.1, 0.15) is 33.6 Å². The van der Waals surface area contributed by atoms with Crippen LogP contribution in [-0.2, 0) is 10.2 Å². The summed E-state index contributed by atoms with van der Waals surface area (Å²) in [6.07, 6.45) is 1.65. The third-order valence-corrected chi connectivity index (χ3v) is 3.40. The molecule has 0 radical (unpaired) electrons. The molecule has 0 aliphatic heterocycles. The van der Waals surface area contributed by atoms with Crippen molar-refractivity contribution in [3.63, 3.8) is 0 Å². The molecule has 0 aromatic carbocycles. The average Bonchev–Trinajstić information content (AvgIpc) is 2.15. The fraction of sp³-hybridized carbons (Fsp3) is 0.800. The zero-order chi connectivity index (χ0) is 11.9. The van der Waals surface area contributed by atoms with Crippen LogP contribution in [-0.4, -0.2) is 32.4 Å². The lowest BCUT2D eigenvalue weighted by Crippen LogP contribution is -2.42. The lowest BCUT2D eigenvalue weighted by atomic mass is 10.4. The number of hydrogen-bond donors (Lipinski definition) is 1. The lowest BCUT2D eigenvalue weighted by molar-refractivity contribution is 0.403. The van der Waals surface area contributed by atoms with Gasteiger partial charge in [-0.05, 0) is 19.8 Å². The van der Waals surface area contributed by atoms with Gasteiger partial charge in [0.15, 0.2) is 0 Å². The Morgan fingerprint density at radius 1 is 1.27 bits per heavy atom. The highest BCUT2D eigenvalue weighted by Crippen LogP contribution is 2.01. The molecule has 0 fully saturated rings. The number of rotatable bonds is 8. The maximum absolute atomic E-state index is 11.8. The molecule has 0 bridgehead atoms. The minimum Gasteiger partial charge on any atom is -0.198 e. The molecular weight excluding hydrogens is 212 g/mol. The molecule has 90 valence electrons. The molecule has 0 amide bonds. The molecule has 0 aliphatic carbocycles. The van der Waals surface area contributed by atoms with E-state index in [1.54, 1.807) is 6.92 Å². The quantitative estimate of drug-likeness (QED) is 0.647. The van der Waals surface area contributed by atoms with Crippen molar-refractivity contribution in [1.29, 1.82) is 0 Å². The summed E-state index contributed by atoms with van der Waals surface area (Å²) in [5, 5.41) is 0. The standard InChI is InChI=1S/C10H22N2O2S/c1-5-7-12(8-6-2)15(13,14)11-9-10(3)4/h11H,3,5-9H2,1-2,4H3. The van der Waals surface area contributed by atoms with Gasteiger partial charge in [0.2, 0.25) is 0 Å². The Hall–Kier alpha value is -0.390. The Bertz CT molecular complexity index is 280. The molecule has 0 heterocycles. The zero-order valence-corrected chi connectivity index (χ0v) is 10.7. The van der Waals surface area contributed by atoms with Crippen molar-refractivity contribution in [2.45, 2.75) is 33.6 Å². The van der Waals surface area contributed by atoms with Gasteiger partial charge >= 0.3 is 0 Å². The van der Waals surface area contributed by atoms with Crippen LogP contribution < -0.4 is 4.72 Å². The molecule has 0 aliphatic rings. The van der Waals surface area contributed by atoms with Crippen molar-refractivity contribution in [3.8, 4) is 0 Å². The van der Waals surface area contributed by atoms with Crippen LogP contribution in [0, 0.1) is 0 Å². The van der Waals surface area contributed by atoms with Gasteiger partial charge < -0.3 is 0 Å². The van der Waals surface area contributed by atoms with Crippen LogP contribution in [0.2, 0.25) is 0 Å². The minimum atomic E-state index is -3.32. The summed E-state index contributed by atoms with van der Waals surface area (Å²) in [5.74, 6) is 0. The summed E-state index contributed by atoms with van der Waals surface area (Å²) in [6.45, 7) is 10.8. The first-order chi connectivity index (χ1) is 6.94. The van der Waals surface area contributed by atoms with Crippen molar-refractivity contribution >= 4 is 10.2 Å². The van der Waals surface area contributed by atoms with Crippen molar-refractivity contribution < 1.29 is 8.42 Å². The predicted octanol–water partition coefficient (Wildman–Crippen LogP) is 1.52. The van der Waals surface area contributed by atoms with Crippen LogP contribution in [0.3, 0.4) is 0 Å². The first-order valence-electron chi connectivity index (χ1n) is 5.33. The summed E-state index contributed by atoms with van der Waals surface area (Å²) in [7, 11) is -3.32. The molecular formula is C10H22N2O2S. The number of nitrogens with zero attached hydrogens (tertiary/aromatic N) is 1. The average molecular weight is 234 g/mol. The van der Waals surface area contributed by atoms with Gasteiger partial charge in [0.05, 0.1) is 0 Å². The Kier molecular flexibility index (Phi) is 6.80. The Morgan fingerprint density at radius 2 is 1.73 bits per heavy atom. The normalized spacial score (nSPS) is 12.0. The fourth-order valence-electron chi connectivity index (χ4n) is 1.16. The second-order valence-electron chi connectivity index (χ2n) is 3.68. The Balaban J connectivity index is 4.42. The molecule has 1 N–H and O–H groups in total. The third kappa shape index (κ3) is 5.92. The summed E-state index contributed by atoms with van der Waals surface area (Å²) in [5.41, 5.74) is 0.812. The van der Waals surface area contributed by atoms with Gasteiger partial charge in [0.25, 0.3) is 10.2 Å². The second kappa shape index (κ2) is 6.98. The first-order valence-corrected chi connectivity index (χ1v) is 6.77. The van der Waals surface area contributed by atoms with Crippen molar-refractivity contribution in [2.75, 3.05) is 19.6 Å². The van der Waals surface area contributed by atoms with E-state index in [1.807, 2.05) is 13.8 Å². The highest BCUT2D eigenvalue weighted by atomic mass is 32.2. The van der Waals surface area contributed by atoms with Crippen LogP contribution in [0.25, 0.3) is 0 Å². The van der Waals surface area contributed by atoms with Crippen molar-refractivity contribution in [2.24, 2.45) is 0 Å². The molecule has 0 unspecified atom stereocenters. The van der Waals surface area contributed by atoms with Gasteiger partial charge in [-0.1, -0.05) is 26.0 Å². The third-order valence-electron chi connectivity index (χ3n) is 1.84. The SMILES string of the molecule is C=C(C)CNS(=O)(=O)N(CCC)CCC. The monoisotopic (exact) mass is 234 g/mol. The van der Waals surface area contributed by atoms with Crippen LogP contribution >= 0.6 is 0 Å². The van der Waals surface area contributed by atoms with E-state index in [9.17, 15) is 8.42 Å². The van der Waals surface area contributed by atoms with E-state index >= 15 is 0 Å². The molecule has 0 rings (SSSR count). The van der Waals surface area contributed by atoms with E-state index < -0.39 is 10.2 Å². The molecule has 0 aromatic rings. The Morgan fingerprint density at radius 3 is 2.07 bits per heavy atom. The predicted molar refractivity (Wildman–Crippen MR) is 63.9 cm³/mol. The van der Waals surface area contributed by atoms with Crippen LogP contribution in [0.15, 0.2) is 12.2 Å². The molecule has 0 saturated heterocycles. The van der Waals surface area contributed by atoms with Crippen molar-refractivity contribution in [1.82, 2.24) is 9.03 Å². The van der Waals surface area contributed by atoms with Crippen molar-refractivity contribution in [3.05, 3.63) is 12.2 Å². The summed E-state index contributed by atoms with van der Waals surface area (Å²) in [6, 6.07) is 0. The van der Waals surface area contributed by atoms with Gasteiger partial charge in [0.1, 0.15) is 0 Å². The lowest BCUT2D eigenvalue weighted by Gasteiger charge is -2.21. The Labute approximate surface area is 93.5 Å². The van der Waals surface area contributed by atoms with Gasteiger partial charge in [-0.15, -0.1) is 0 Å². The summed E-state index contributed by atoms with van der Waals surface area (Å²) in [4.78, 5) is 0. The highest BCUT2D eigenvalue weighted by molar-refractivity contribution is 7.87. The topological polar surface area (TPSA) is 49.4 Å². The number of nitrogens with one attached hydrogen (secondary N) is 1. The van der Waals surface area contributed by atoms with Gasteiger partial charge in [-0.25, -0.2) is 0 Å². The summed E-state index contributed by atoms with van der Waals surface area (Å²) >= 11 is 0. The molecule has 15 heavy (non-hydrogen) atoms. The molecule has 0 spiro atoms. The first kappa shape index (κ1) is 14.6. The fourth-order valence-corrected chi connectivity index (χ4v) is 2.61. The van der Waals surface area contributed by atoms with Gasteiger partial charge in [-0.2, -0.15) is 17.4 Å². The molecule has 0 aromatic heterocycles. The van der Waals surface area contributed by atoms with E-state index in [0.717, 1.165) is 18.4 Å². The van der Waals surface area contributed by atoms with E-state index in [0.29, 0.717) is 19.6 Å². The zero-order valence-electron chi connectivity index (χ0n) is 9.91. The maximum Gasteiger partial charge on any atom is 0.279 e. The molecule has 0 saturated carbocycles. The van der Waals surface area contributed by atoms with E-state index in [2.05, 4.69) is 11.3 Å². The largest absolute Gasteiger partial charge is 0.279 e. The maximum atomic E-state index is 11.8. The highest BCUT2D eigenvalue weighted by Gasteiger charge is 2.19. The smallest absolute Gasteiger partial charge is 0.198 e. The molecule has 4 nitrogen and oxygen atoms in total. The molecule has 5 heteroatoms. The number of hydrogen-bond acceptors (Lipinski definition) is 2. The minimum absolute atomic E-state index is 0.312. The van der Waals surface area contributed by atoms with E-state index in [1.165, 1.54) is 4.31 Å². The van der Waals surface area contributed by atoms with Crippen LogP contribution in [0.5, 0.6) is 0 Å². The van der Waals surface area contributed by atoms with Crippen LogP contribution in [0.4, 0.5) is 0 Å². The van der Waals surface area contributed by atoms with E-state index in [4.69, 9.17) is 0 Å². The summed E-state index contributed by atoms with van der Waals surface area (Å²) < 4.78 is 27.6. The second-order valence-corrected chi connectivity index (χ2v) is 5.44. The van der Waals surface area contributed by atoms with E-state index in [-0.39, 0.29) is 0 Å². The van der Waals surface area contributed by atoms with Gasteiger partial charge in [-0.3, -0.25) is 0 Å².